The maximum absolute atomic E-state index is 11.2. The summed E-state index contributed by atoms with van der Waals surface area (Å²) in [6.45, 7) is 0.688. The van der Waals surface area contributed by atoms with Crippen molar-refractivity contribution in [2.75, 3.05) is 26.0 Å². The monoisotopic (exact) mass is 433 g/mol. The van der Waals surface area contributed by atoms with Crippen molar-refractivity contribution in [3.8, 4) is 0 Å². The van der Waals surface area contributed by atoms with Crippen molar-refractivity contribution in [2.45, 2.75) is 64.2 Å². The normalized spacial score (nSPS) is 11.5. The fourth-order valence-electron chi connectivity index (χ4n) is 2.49. The second kappa shape index (κ2) is 17.0. The van der Waals surface area contributed by atoms with E-state index in [1.54, 1.807) is 0 Å². The molecule has 0 spiro atoms. The van der Waals surface area contributed by atoms with Crippen molar-refractivity contribution in [1.29, 1.82) is 0 Å². The van der Waals surface area contributed by atoms with Gasteiger partial charge in [0.2, 0.25) is 10.0 Å². The van der Waals surface area contributed by atoms with E-state index in [0.29, 0.717) is 13.2 Å². The number of hydrogen-bond donors (Lipinski definition) is 3. The summed E-state index contributed by atoms with van der Waals surface area (Å²) in [5.74, 6) is -2.32. The summed E-state index contributed by atoms with van der Waals surface area (Å²) < 4.78 is 28.7. The van der Waals surface area contributed by atoms with Gasteiger partial charge in [0.1, 0.15) is 6.61 Å². The first-order valence-electron chi connectivity index (χ1n) is 10.0. The SMILES string of the molecule is CS(=O)(=O)NC(=O)COCCCCCCC/C=C\CCCCCNC(=O)C(N)=O. The predicted octanol–water partition coefficient (Wildman–Crippen LogP) is 1.14. The van der Waals surface area contributed by atoms with Gasteiger partial charge in [0.05, 0.1) is 6.26 Å². The largest absolute Gasteiger partial charge is 0.372 e. The van der Waals surface area contributed by atoms with Crippen molar-refractivity contribution in [3.05, 3.63) is 12.2 Å². The van der Waals surface area contributed by atoms with Crippen LogP contribution in [-0.4, -0.2) is 52.2 Å². The van der Waals surface area contributed by atoms with Crippen LogP contribution in [0.25, 0.3) is 0 Å². The van der Waals surface area contributed by atoms with E-state index in [-0.39, 0.29) is 6.61 Å². The number of sulfonamides is 1. The molecule has 3 amide bonds. The molecule has 0 rings (SSSR count). The number of nitrogens with two attached hydrogens (primary N) is 1. The van der Waals surface area contributed by atoms with E-state index in [0.717, 1.165) is 70.5 Å². The highest BCUT2D eigenvalue weighted by molar-refractivity contribution is 7.89. The molecule has 0 heterocycles. The lowest BCUT2D eigenvalue weighted by Gasteiger charge is -2.04. The molecule has 0 aromatic heterocycles. The molecule has 0 aliphatic carbocycles. The van der Waals surface area contributed by atoms with E-state index in [9.17, 15) is 22.8 Å². The molecule has 10 heteroatoms. The summed E-state index contributed by atoms with van der Waals surface area (Å²) in [5, 5.41) is 2.46. The molecule has 0 fully saturated rings. The molecule has 0 aromatic carbocycles. The number of amides is 3. The average molecular weight is 434 g/mol. The molecule has 0 bridgehead atoms. The Labute approximate surface area is 173 Å². The molecule has 29 heavy (non-hydrogen) atoms. The molecular weight excluding hydrogens is 398 g/mol. The molecule has 0 atom stereocenters. The highest BCUT2D eigenvalue weighted by Gasteiger charge is 2.07. The predicted molar refractivity (Wildman–Crippen MR) is 111 cm³/mol. The van der Waals surface area contributed by atoms with Gasteiger partial charge in [0.25, 0.3) is 5.91 Å². The third-order valence-electron chi connectivity index (χ3n) is 3.92. The maximum Gasteiger partial charge on any atom is 0.309 e. The Morgan fingerprint density at radius 2 is 1.45 bits per heavy atom. The van der Waals surface area contributed by atoms with Gasteiger partial charge in [-0.25, -0.2) is 8.42 Å². The van der Waals surface area contributed by atoms with Gasteiger partial charge in [-0.05, 0) is 38.5 Å². The third-order valence-corrected chi connectivity index (χ3v) is 4.51. The average Bonchev–Trinajstić information content (AvgIpc) is 2.62. The minimum Gasteiger partial charge on any atom is -0.372 e. The Morgan fingerprint density at radius 3 is 2.03 bits per heavy atom. The molecule has 9 nitrogen and oxygen atoms in total. The van der Waals surface area contributed by atoms with Crippen LogP contribution >= 0.6 is 0 Å². The maximum atomic E-state index is 11.2. The molecule has 0 aromatic rings. The van der Waals surface area contributed by atoms with Gasteiger partial charge in [-0.2, -0.15) is 0 Å². The van der Waals surface area contributed by atoms with Crippen LogP contribution in [0.1, 0.15) is 64.2 Å². The first-order chi connectivity index (χ1) is 13.7. The second-order valence-electron chi connectivity index (χ2n) is 6.85. The van der Waals surface area contributed by atoms with Crippen LogP contribution in [0.4, 0.5) is 0 Å². The highest BCUT2D eigenvalue weighted by Crippen LogP contribution is 2.07. The number of rotatable bonds is 17. The molecule has 168 valence electrons. The van der Waals surface area contributed by atoms with Crippen molar-refractivity contribution in [1.82, 2.24) is 10.0 Å². The summed E-state index contributed by atoms with van der Waals surface area (Å²) in [6.07, 6.45) is 15.5. The van der Waals surface area contributed by atoms with Crippen LogP contribution in [0.15, 0.2) is 12.2 Å². The zero-order valence-electron chi connectivity index (χ0n) is 17.3. The zero-order chi connectivity index (χ0) is 22.0. The van der Waals surface area contributed by atoms with E-state index in [2.05, 4.69) is 17.5 Å². The number of hydrogen-bond acceptors (Lipinski definition) is 6. The van der Waals surface area contributed by atoms with Gasteiger partial charge in [-0.1, -0.05) is 37.8 Å². The third kappa shape index (κ3) is 20.6. The van der Waals surface area contributed by atoms with Gasteiger partial charge < -0.3 is 15.8 Å². The van der Waals surface area contributed by atoms with Crippen molar-refractivity contribution < 1.29 is 27.5 Å². The van der Waals surface area contributed by atoms with Gasteiger partial charge in [0, 0.05) is 13.2 Å². The lowest BCUT2D eigenvalue weighted by Crippen LogP contribution is -2.36. The van der Waals surface area contributed by atoms with Crippen LogP contribution in [0.3, 0.4) is 0 Å². The summed E-state index contributed by atoms with van der Waals surface area (Å²) >= 11 is 0. The summed E-state index contributed by atoms with van der Waals surface area (Å²) in [6, 6.07) is 0. The fraction of sp³-hybridized carbons (Fsp3) is 0.737. The van der Waals surface area contributed by atoms with E-state index in [1.807, 2.05) is 4.72 Å². The molecule has 0 aliphatic heterocycles. The number of nitrogens with one attached hydrogen (secondary N) is 2. The summed E-state index contributed by atoms with van der Waals surface area (Å²) in [5.41, 5.74) is 4.83. The van der Waals surface area contributed by atoms with Crippen LogP contribution in [0.5, 0.6) is 0 Å². The molecule has 0 saturated heterocycles. The van der Waals surface area contributed by atoms with Gasteiger partial charge in [-0.3, -0.25) is 19.1 Å². The topological polar surface area (TPSA) is 145 Å². The van der Waals surface area contributed by atoms with Crippen molar-refractivity contribution in [3.63, 3.8) is 0 Å². The fourth-order valence-corrected chi connectivity index (χ4v) is 2.96. The van der Waals surface area contributed by atoms with Gasteiger partial charge in [0.15, 0.2) is 0 Å². The number of primary amides is 1. The van der Waals surface area contributed by atoms with Crippen LogP contribution in [0.2, 0.25) is 0 Å². The Morgan fingerprint density at radius 1 is 0.897 bits per heavy atom. The Balaban J connectivity index is 3.31. The second-order valence-corrected chi connectivity index (χ2v) is 8.60. The van der Waals surface area contributed by atoms with E-state index < -0.39 is 27.7 Å². The Kier molecular flexibility index (Phi) is 15.8. The number of unbranched alkanes of at least 4 members (excludes halogenated alkanes) is 8. The lowest BCUT2D eigenvalue weighted by atomic mass is 10.1. The van der Waals surface area contributed by atoms with Crippen molar-refractivity contribution >= 4 is 27.7 Å². The smallest absolute Gasteiger partial charge is 0.309 e. The molecule has 4 N–H and O–H groups in total. The standard InChI is InChI=1S/C19H35N3O6S/c1-29(26,27)22-17(23)16-28-15-13-11-9-7-5-3-2-4-6-8-10-12-14-21-19(25)18(20)24/h2,4H,3,5-16H2,1H3,(H2,20,24)(H,21,25)(H,22,23)/b4-2-. The first-order valence-corrected chi connectivity index (χ1v) is 11.9. The van der Waals surface area contributed by atoms with Crippen LogP contribution in [0, 0.1) is 0 Å². The highest BCUT2D eigenvalue weighted by atomic mass is 32.2. The van der Waals surface area contributed by atoms with Crippen molar-refractivity contribution in [2.24, 2.45) is 5.73 Å². The van der Waals surface area contributed by atoms with Crippen LogP contribution in [-0.2, 0) is 29.1 Å². The lowest BCUT2D eigenvalue weighted by molar-refractivity contribution is -0.137. The molecule has 0 aliphatic rings. The molecular formula is C19H35N3O6S. The van der Waals surface area contributed by atoms with E-state index >= 15 is 0 Å². The number of allylic oxidation sites excluding steroid dienone is 2. The molecule has 0 radical (unpaired) electrons. The van der Waals surface area contributed by atoms with Gasteiger partial charge >= 0.3 is 11.8 Å². The van der Waals surface area contributed by atoms with Gasteiger partial charge in [-0.15, -0.1) is 0 Å². The molecule has 0 unspecified atom stereocenters. The van der Waals surface area contributed by atoms with Crippen LogP contribution < -0.4 is 15.8 Å². The minimum absolute atomic E-state index is 0.236. The first kappa shape index (κ1) is 27.1. The molecule has 0 saturated carbocycles. The Bertz CT molecular complexity index is 619. The summed E-state index contributed by atoms with van der Waals surface area (Å²) in [4.78, 5) is 32.6. The quantitative estimate of drug-likeness (QED) is 0.178. The Hall–Kier alpha value is -1.94. The minimum atomic E-state index is -3.51. The number of carbonyl (C=O) groups is 3. The zero-order valence-corrected chi connectivity index (χ0v) is 18.1. The van der Waals surface area contributed by atoms with E-state index in [4.69, 9.17) is 10.5 Å². The number of ether oxygens (including phenoxy) is 1. The van der Waals surface area contributed by atoms with E-state index in [1.165, 1.54) is 0 Å². The summed E-state index contributed by atoms with van der Waals surface area (Å²) in [7, 11) is -3.51. The number of carbonyl (C=O) groups excluding carboxylic acids is 3.